The van der Waals surface area contributed by atoms with Gasteiger partial charge in [0.05, 0.1) is 0 Å². The number of piperazine rings is 1. The summed E-state index contributed by atoms with van der Waals surface area (Å²) in [5.41, 5.74) is 2.82. The van der Waals surface area contributed by atoms with Crippen LogP contribution in [0.4, 0.5) is 5.69 Å². The van der Waals surface area contributed by atoms with Gasteiger partial charge >= 0.3 is 0 Å². The Balaban J connectivity index is 1.51. The lowest BCUT2D eigenvalue weighted by atomic mass is 10.1. The Kier molecular flexibility index (Phi) is 5.40. The summed E-state index contributed by atoms with van der Waals surface area (Å²) < 4.78 is 0. The molecule has 0 unspecified atom stereocenters. The molecule has 1 heterocycles. The smallest absolute Gasteiger partial charge is 0.255 e. The third-order valence-corrected chi connectivity index (χ3v) is 4.17. The van der Waals surface area contributed by atoms with E-state index < -0.39 is 0 Å². The van der Waals surface area contributed by atoms with Gasteiger partial charge in [-0.3, -0.25) is 4.79 Å². The van der Waals surface area contributed by atoms with Crippen molar-refractivity contribution in [2.45, 2.75) is 6.42 Å². The van der Waals surface area contributed by atoms with Crippen LogP contribution in [-0.2, 0) is 6.42 Å². The van der Waals surface area contributed by atoms with Crippen molar-refractivity contribution in [3.63, 3.8) is 0 Å². The number of hydrogen-bond donors (Lipinski definition) is 2. The van der Waals surface area contributed by atoms with E-state index in [2.05, 4.69) is 27.7 Å². The largest absolute Gasteiger partial charge is 0.322 e. The van der Waals surface area contributed by atoms with Crippen molar-refractivity contribution in [3.05, 3.63) is 65.7 Å². The van der Waals surface area contributed by atoms with Crippen LogP contribution in [0.5, 0.6) is 0 Å². The molecule has 2 aromatic carbocycles. The highest BCUT2D eigenvalue weighted by Crippen LogP contribution is 2.12. The molecule has 0 spiro atoms. The van der Waals surface area contributed by atoms with Crippen molar-refractivity contribution in [1.82, 2.24) is 10.2 Å². The van der Waals surface area contributed by atoms with Crippen molar-refractivity contribution >= 4 is 11.6 Å². The summed E-state index contributed by atoms with van der Waals surface area (Å²) in [5, 5.41) is 6.30. The SMILES string of the molecule is O=C(Nc1ccc(CCN2CCNCC2)cc1)c1ccccc1. The minimum Gasteiger partial charge on any atom is -0.322 e. The van der Waals surface area contributed by atoms with E-state index in [0.29, 0.717) is 5.56 Å². The van der Waals surface area contributed by atoms with E-state index in [1.165, 1.54) is 5.56 Å². The number of benzene rings is 2. The highest BCUT2D eigenvalue weighted by Gasteiger charge is 2.09. The monoisotopic (exact) mass is 309 g/mol. The number of nitrogens with zero attached hydrogens (tertiary/aromatic N) is 1. The van der Waals surface area contributed by atoms with Crippen LogP contribution >= 0.6 is 0 Å². The number of carbonyl (C=O) groups excluding carboxylic acids is 1. The minimum absolute atomic E-state index is 0.0702. The van der Waals surface area contributed by atoms with E-state index >= 15 is 0 Å². The first-order valence-corrected chi connectivity index (χ1v) is 8.20. The van der Waals surface area contributed by atoms with E-state index in [-0.39, 0.29) is 5.91 Å². The van der Waals surface area contributed by atoms with Crippen molar-refractivity contribution < 1.29 is 4.79 Å². The number of hydrogen-bond acceptors (Lipinski definition) is 3. The normalized spacial score (nSPS) is 15.3. The molecule has 1 fully saturated rings. The summed E-state index contributed by atoms with van der Waals surface area (Å²) in [5.74, 6) is -0.0702. The first-order chi connectivity index (χ1) is 11.3. The molecule has 4 nitrogen and oxygen atoms in total. The maximum atomic E-state index is 12.1. The molecule has 4 heteroatoms. The van der Waals surface area contributed by atoms with Gasteiger partial charge in [0.1, 0.15) is 0 Å². The second kappa shape index (κ2) is 7.90. The van der Waals surface area contributed by atoms with E-state index in [0.717, 1.165) is 44.8 Å². The molecule has 0 saturated carbocycles. The molecule has 0 radical (unpaired) electrons. The minimum atomic E-state index is -0.0702. The molecule has 1 saturated heterocycles. The van der Waals surface area contributed by atoms with Crippen LogP contribution in [0.1, 0.15) is 15.9 Å². The molecule has 120 valence electrons. The highest BCUT2D eigenvalue weighted by molar-refractivity contribution is 6.04. The van der Waals surface area contributed by atoms with Crippen LogP contribution in [0, 0.1) is 0 Å². The summed E-state index contributed by atoms with van der Waals surface area (Å²) in [4.78, 5) is 14.6. The van der Waals surface area contributed by atoms with Gasteiger partial charge in [0.25, 0.3) is 5.91 Å². The molecule has 1 aliphatic rings. The average molecular weight is 309 g/mol. The van der Waals surface area contributed by atoms with Crippen LogP contribution < -0.4 is 10.6 Å². The molecule has 0 bridgehead atoms. The van der Waals surface area contributed by atoms with Gasteiger partial charge in [0, 0.05) is 44.0 Å². The van der Waals surface area contributed by atoms with E-state index in [4.69, 9.17) is 0 Å². The zero-order valence-corrected chi connectivity index (χ0v) is 13.3. The van der Waals surface area contributed by atoms with Crippen LogP contribution in [0.25, 0.3) is 0 Å². The zero-order chi connectivity index (χ0) is 15.9. The quantitative estimate of drug-likeness (QED) is 0.891. The van der Waals surface area contributed by atoms with Crippen molar-refractivity contribution in [2.75, 3.05) is 38.0 Å². The second-order valence-corrected chi connectivity index (χ2v) is 5.86. The number of carbonyl (C=O) groups is 1. The Hall–Kier alpha value is -2.17. The van der Waals surface area contributed by atoms with Crippen LogP contribution in [-0.4, -0.2) is 43.5 Å². The number of nitrogens with one attached hydrogen (secondary N) is 2. The van der Waals surface area contributed by atoms with Gasteiger partial charge in [0.2, 0.25) is 0 Å². The summed E-state index contributed by atoms with van der Waals surface area (Å²) in [6.07, 6.45) is 1.05. The van der Waals surface area contributed by atoms with Crippen LogP contribution in [0.15, 0.2) is 54.6 Å². The molecule has 2 aromatic rings. The summed E-state index contributed by atoms with van der Waals surface area (Å²) in [6.45, 7) is 5.53. The van der Waals surface area contributed by atoms with Gasteiger partial charge in [-0.1, -0.05) is 30.3 Å². The topological polar surface area (TPSA) is 44.4 Å². The predicted octanol–water partition coefficient (Wildman–Crippen LogP) is 2.39. The molecular formula is C19H23N3O. The number of anilines is 1. The molecule has 0 aromatic heterocycles. The van der Waals surface area contributed by atoms with Crippen molar-refractivity contribution in [1.29, 1.82) is 0 Å². The van der Waals surface area contributed by atoms with Gasteiger partial charge in [-0.25, -0.2) is 0 Å². The summed E-state index contributed by atoms with van der Waals surface area (Å²) in [7, 11) is 0. The fourth-order valence-electron chi connectivity index (χ4n) is 2.77. The molecule has 0 atom stereocenters. The summed E-state index contributed by atoms with van der Waals surface area (Å²) in [6, 6.07) is 17.4. The fourth-order valence-corrected chi connectivity index (χ4v) is 2.77. The molecular weight excluding hydrogens is 286 g/mol. The van der Waals surface area contributed by atoms with Gasteiger partial charge in [0.15, 0.2) is 0 Å². The molecule has 2 N–H and O–H groups in total. The lowest BCUT2D eigenvalue weighted by molar-refractivity contribution is 0.102. The molecule has 1 aliphatic heterocycles. The molecule has 1 amide bonds. The Bertz CT molecular complexity index is 619. The van der Waals surface area contributed by atoms with Gasteiger partial charge in [-0.2, -0.15) is 0 Å². The lowest BCUT2D eigenvalue weighted by Gasteiger charge is -2.27. The maximum Gasteiger partial charge on any atom is 0.255 e. The Morgan fingerprint density at radius 3 is 2.39 bits per heavy atom. The Labute approximate surface area is 137 Å². The molecule has 3 rings (SSSR count). The predicted molar refractivity (Wildman–Crippen MR) is 93.9 cm³/mol. The third kappa shape index (κ3) is 4.65. The molecule has 0 aliphatic carbocycles. The van der Waals surface area contributed by atoms with Gasteiger partial charge < -0.3 is 15.5 Å². The lowest BCUT2D eigenvalue weighted by Crippen LogP contribution is -2.44. The Morgan fingerprint density at radius 2 is 1.70 bits per heavy atom. The molecule has 23 heavy (non-hydrogen) atoms. The van der Waals surface area contributed by atoms with E-state index in [1.807, 2.05) is 42.5 Å². The van der Waals surface area contributed by atoms with Crippen molar-refractivity contribution in [3.8, 4) is 0 Å². The Morgan fingerprint density at radius 1 is 1.00 bits per heavy atom. The maximum absolute atomic E-state index is 12.1. The van der Waals surface area contributed by atoms with Crippen LogP contribution in [0.3, 0.4) is 0 Å². The number of rotatable bonds is 5. The van der Waals surface area contributed by atoms with Crippen LogP contribution in [0.2, 0.25) is 0 Å². The average Bonchev–Trinajstić information content (AvgIpc) is 2.63. The summed E-state index contributed by atoms with van der Waals surface area (Å²) >= 11 is 0. The third-order valence-electron chi connectivity index (χ3n) is 4.17. The first kappa shape index (κ1) is 15.7. The zero-order valence-electron chi connectivity index (χ0n) is 13.3. The van der Waals surface area contributed by atoms with E-state index in [9.17, 15) is 4.79 Å². The second-order valence-electron chi connectivity index (χ2n) is 5.86. The van der Waals surface area contributed by atoms with Crippen molar-refractivity contribution in [2.24, 2.45) is 0 Å². The number of amides is 1. The standard InChI is InChI=1S/C19H23N3O/c23-19(17-4-2-1-3-5-17)21-18-8-6-16(7-9-18)10-13-22-14-11-20-12-15-22/h1-9,20H,10-15H2,(H,21,23). The first-order valence-electron chi connectivity index (χ1n) is 8.20. The van der Waals surface area contributed by atoms with E-state index in [1.54, 1.807) is 0 Å². The highest BCUT2D eigenvalue weighted by atomic mass is 16.1. The van der Waals surface area contributed by atoms with Gasteiger partial charge in [-0.15, -0.1) is 0 Å². The fraction of sp³-hybridized carbons (Fsp3) is 0.316. The van der Waals surface area contributed by atoms with Gasteiger partial charge in [-0.05, 0) is 36.2 Å².